The van der Waals surface area contributed by atoms with E-state index in [1.54, 1.807) is 17.7 Å². The van der Waals surface area contributed by atoms with Gasteiger partial charge in [-0.2, -0.15) is 0 Å². The van der Waals surface area contributed by atoms with Crippen LogP contribution in [-0.4, -0.2) is 15.6 Å². The fourth-order valence-corrected chi connectivity index (χ4v) is 1.33. The second-order valence-electron chi connectivity index (χ2n) is 3.33. The van der Waals surface area contributed by atoms with Gasteiger partial charge < -0.3 is 9.67 Å². The summed E-state index contributed by atoms with van der Waals surface area (Å²) in [5, 5.41) is 8.70. The third kappa shape index (κ3) is 3.31. The number of carboxylic acid groups (broad SMARTS) is 1. The van der Waals surface area contributed by atoms with Crippen LogP contribution in [-0.2, 0) is 11.8 Å². The Hall–Kier alpha value is -2.36. The first-order chi connectivity index (χ1) is 8.06. The number of pyridine rings is 1. The quantitative estimate of drug-likeness (QED) is 0.761. The molecule has 0 spiro atoms. The van der Waals surface area contributed by atoms with E-state index >= 15 is 0 Å². The number of fused-ring (bicyclic) bond motifs is 1. The SMILES string of the molecule is C=CC(=O)O.Cn1c(=O)ccc2ccccc21. The number of nitrogens with zero attached hydrogens (tertiary/aromatic N) is 1. The summed E-state index contributed by atoms with van der Waals surface area (Å²) < 4.78 is 1.65. The number of para-hydroxylation sites is 1. The highest BCUT2D eigenvalue weighted by Gasteiger charge is 1.95. The van der Waals surface area contributed by atoms with Gasteiger partial charge in [0.05, 0.1) is 5.52 Å². The Kier molecular flexibility index (Phi) is 4.22. The summed E-state index contributed by atoms with van der Waals surface area (Å²) in [5.74, 6) is -0.981. The highest BCUT2D eigenvalue weighted by Crippen LogP contribution is 2.08. The van der Waals surface area contributed by atoms with Crippen molar-refractivity contribution in [1.29, 1.82) is 0 Å². The molecule has 0 saturated heterocycles. The fourth-order valence-electron chi connectivity index (χ4n) is 1.33. The van der Waals surface area contributed by atoms with Crippen LogP contribution in [0.1, 0.15) is 0 Å². The average Bonchev–Trinajstić information content (AvgIpc) is 2.35. The first-order valence-corrected chi connectivity index (χ1v) is 4.96. The molecule has 0 unspecified atom stereocenters. The summed E-state index contributed by atoms with van der Waals surface area (Å²) in [6, 6.07) is 11.3. The van der Waals surface area contributed by atoms with Gasteiger partial charge in [0.25, 0.3) is 5.56 Å². The maximum atomic E-state index is 11.2. The number of aromatic nitrogens is 1. The molecule has 4 nitrogen and oxygen atoms in total. The number of hydrogen-bond acceptors (Lipinski definition) is 2. The zero-order valence-electron chi connectivity index (χ0n) is 9.46. The number of benzene rings is 1. The summed E-state index contributed by atoms with van der Waals surface area (Å²) in [6.45, 7) is 2.96. The summed E-state index contributed by atoms with van der Waals surface area (Å²) in [6.07, 6.45) is 0.833. The van der Waals surface area contributed by atoms with Crippen molar-refractivity contribution in [2.24, 2.45) is 7.05 Å². The molecule has 2 rings (SSSR count). The van der Waals surface area contributed by atoms with E-state index in [2.05, 4.69) is 6.58 Å². The molecular formula is C13H13NO3. The molecule has 0 amide bonds. The third-order valence-corrected chi connectivity index (χ3v) is 2.21. The van der Waals surface area contributed by atoms with Crippen molar-refractivity contribution in [3.63, 3.8) is 0 Å². The van der Waals surface area contributed by atoms with Gasteiger partial charge in [0.2, 0.25) is 0 Å². The van der Waals surface area contributed by atoms with Gasteiger partial charge in [-0.25, -0.2) is 4.79 Å². The minimum absolute atomic E-state index is 0.0358. The lowest BCUT2D eigenvalue weighted by molar-refractivity contribution is -0.131. The topological polar surface area (TPSA) is 59.3 Å². The van der Waals surface area contributed by atoms with Crippen molar-refractivity contribution in [1.82, 2.24) is 4.57 Å². The Balaban J connectivity index is 0.000000249. The molecule has 0 radical (unpaired) electrons. The lowest BCUT2D eigenvalue weighted by Gasteiger charge is -2.01. The van der Waals surface area contributed by atoms with Gasteiger partial charge in [0.15, 0.2) is 0 Å². The number of carbonyl (C=O) groups is 1. The molecule has 1 heterocycles. The molecule has 0 bridgehead atoms. The highest BCUT2D eigenvalue weighted by molar-refractivity contribution is 5.79. The molecule has 0 fully saturated rings. The monoisotopic (exact) mass is 231 g/mol. The predicted octanol–water partition coefficient (Wildman–Crippen LogP) is 1.80. The second kappa shape index (κ2) is 5.65. The summed E-state index contributed by atoms with van der Waals surface area (Å²) in [4.78, 5) is 20.4. The van der Waals surface area contributed by atoms with E-state index in [9.17, 15) is 9.59 Å². The van der Waals surface area contributed by atoms with Crippen LogP contribution >= 0.6 is 0 Å². The molecule has 88 valence electrons. The number of aliphatic carboxylic acids is 1. The largest absolute Gasteiger partial charge is 0.478 e. The molecule has 1 aromatic heterocycles. The van der Waals surface area contributed by atoms with Crippen molar-refractivity contribution >= 4 is 16.9 Å². The van der Waals surface area contributed by atoms with Crippen molar-refractivity contribution in [3.05, 3.63) is 59.4 Å². The molecule has 17 heavy (non-hydrogen) atoms. The van der Waals surface area contributed by atoms with Crippen LogP contribution in [0, 0.1) is 0 Å². The van der Waals surface area contributed by atoms with Gasteiger partial charge in [-0.3, -0.25) is 4.79 Å². The highest BCUT2D eigenvalue weighted by atomic mass is 16.4. The van der Waals surface area contributed by atoms with Crippen LogP contribution in [0.2, 0.25) is 0 Å². The van der Waals surface area contributed by atoms with Gasteiger partial charge in [-0.15, -0.1) is 0 Å². The van der Waals surface area contributed by atoms with Gasteiger partial charge in [-0.05, 0) is 17.5 Å². The molecule has 2 aromatic rings. The van der Waals surface area contributed by atoms with Gasteiger partial charge >= 0.3 is 5.97 Å². The Labute approximate surface area is 98.4 Å². The minimum atomic E-state index is -0.981. The van der Waals surface area contributed by atoms with E-state index in [0.717, 1.165) is 17.0 Å². The number of rotatable bonds is 1. The number of carboxylic acids is 1. The molecule has 0 saturated carbocycles. The zero-order valence-corrected chi connectivity index (χ0v) is 9.46. The fraction of sp³-hybridized carbons (Fsp3) is 0.0769. The smallest absolute Gasteiger partial charge is 0.327 e. The van der Waals surface area contributed by atoms with Crippen molar-refractivity contribution in [2.75, 3.05) is 0 Å². The second-order valence-corrected chi connectivity index (χ2v) is 3.33. The molecule has 1 aromatic carbocycles. The summed E-state index contributed by atoms with van der Waals surface area (Å²) >= 11 is 0. The molecule has 0 atom stereocenters. The van der Waals surface area contributed by atoms with Crippen molar-refractivity contribution in [2.45, 2.75) is 0 Å². The number of hydrogen-bond donors (Lipinski definition) is 1. The Bertz CT molecular complexity index is 599. The molecule has 0 aliphatic rings. The van der Waals surface area contributed by atoms with Crippen LogP contribution in [0.3, 0.4) is 0 Å². The Morgan fingerprint density at radius 3 is 2.47 bits per heavy atom. The van der Waals surface area contributed by atoms with E-state index in [4.69, 9.17) is 5.11 Å². The third-order valence-electron chi connectivity index (χ3n) is 2.21. The van der Waals surface area contributed by atoms with E-state index < -0.39 is 5.97 Å². The summed E-state index contributed by atoms with van der Waals surface area (Å²) in [7, 11) is 1.78. The first-order valence-electron chi connectivity index (χ1n) is 4.96. The van der Waals surface area contributed by atoms with Crippen LogP contribution in [0.5, 0.6) is 0 Å². The Morgan fingerprint density at radius 1 is 1.29 bits per heavy atom. The summed E-state index contributed by atoms with van der Waals surface area (Å²) in [5.41, 5.74) is 1.01. The lowest BCUT2D eigenvalue weighted by Crippen LogP contribution is -2.14. The van der Waals surface area contributed by atoms with Gasteiger partial charge in [0, 0.05) is 19.2 Å². The minimum Gasteiger partial charge on any atom is -0.478 e. The lowest BCUT2D eigenvalue weighted by atomic mass is 10.2. The van der Waals surface area contributed by atoms with E-state index in [-0.39, 0.29) is 5.56 Å². The van der Waals surface area contributed by atoms with E-state index in [1.807, 2.05) is 30.3 Å². The van der Waals surface area contributed by atoms with Crippen molar-refractivity contribution < 1.29 is 9.90 Å². The van der Waals surface area contributed by atoms with Gasteiger partial charge in [-0.1, -0.05) is 24.8 Å². The average molecular weight is 231 g/mol. The predicted molar refractivity (Wildman–Crippen MR) is 67.0 cm³/mol. The normalized spacial score (nSPS) is 9.24. The number of aryl methyl sites for hydroxylation is 1. The standard InChI is InChI=1S/C10H9NO.C3H4O2/c1-11-9-5-3-2-4-8(9)6-7-10(11)12;1-2-3(4)5/h2-7H,1H3;2H,1H2,(H,4,5). The van der Waals surface area contributed by atoms with Gasteiger partial charge in [0.1, 0.15) is 0 Å². The van der Waals surface area contributed by atoms with E-state index in [1.165, 1.54) is 0 Å². The van der Waals surface area contributed by atoms with Crippen molar-refractivity contribution in [3.8, 4) is 0 Å². The molecule has 0 aliphatic heterocycles. The zero-order chi connectivity index (χ0) is 12.8. The van der Waals surface area contributed by atoms with Crippen LogP contribution in [0.25, 0.3) is 10.9 Å². The van der Waals surface area contributed by atoms with Crippen LogP contribution < -0.4 is 5.56 Å². The molecule has 0 aliphatic carbocycles. The maximum Gasteiger partial charge on any atom is 0.327 e. The first kappa shape index (κ1) is 12.7. The Morgan fingerprint density at radius 2 is 1.88 bits per heavy atom. The maximum absolute atomic E-state index is 11.2. The molecular weight excluding hydrogens is 218 g/mol. The molecule has 4 heteroatoms. The van der Waals surface area contributed by atoms with E-state index in [0.29, 0.717) is 0 Å². The van der Waals surface area contributed by atoms with Crippen LogP contribution in [0.4, 0.5) is 0 Å². The van der Waals surface area contributed by atoms with Crippen LogP contribution in [0.15, 0.2) is 53.8 Å². The molecule has 1 N–H and O–H groups in total.